The quantitative estimate of drug-likeness (QED) is 0.642. The fraction of sp³-hybridized carbons (Fsp3) is 0.350. The number of amides is 1. The van der Waals surface area contributed by atoms with E-state index in [1.165, 1.54) is 6.33 Å². The third-order valence-corrected chi connectivity index (χ3v) is 5.04. The fourth-order valence-corrected chi connectivity index (χ4v) is 3.50. The largest absolute Gasteiger partial charge is 0.338 e. The van der Waals surface area contributed by atoms with Crippen molar-refractivity contribution in [2.75, 3.05) is 26.2 Å². The first-order valence-corrected chi connectivity index (χ1v) is 9.47. The van der Waals surface area contributed by atoms with E-state index in [1.54, 1.807) is 4.68 Å². The molecule has 1 saturated heterocycles. The van der Waals surface area contributed by atoms with E-state index in [-0.39, 0.29) is 5.91 Å². The predicted octanol–water partition coefficient (Wildman–Crippen LogP) is 1.20. The van der Waals surface area contributed by atoms with Crippen LogP contribution in [0.3, 0.4) is 0 Å². The van der Waals surface area contributed by atoms with Crippen molar-refractivity contribution in [1.82, 2.24) is 35.0 Å². The number of piperazine rings is 1. The van der Waals surface area contributed by atoms with Crippen molar-refractivity contribution in [3.05, 3.63) is 72.3 Å². The van der Waals surface area contributed by atoms with Crippen LogP contribution in [-0.2, 0) is 17.8 Å². The van der Waals surface area contributed by atoms with E-state index < -0.39 is 6.04 Å². The van der Waals surface area contributed by atoms with E-state index in [4.69, 9.17) is 0 Å². The topological polar surface area (TPSA) is 80.0 Å². The van der Waals surface area contributed by atoms with E-state index in [0.29, 0.717) is 19.5 Å². The molecule has 0 spiro atoms. The minimum atomic E-state index is -0.431. The molecule has 1 aliphatic rings. The van der Waals surface area contributed by atoms with Gasteiger partial charge in [0.25, 0.3) is 0 Å². The summed E-state index contributed by atoms with van der Waals surface area (Å²) in [5, 5.41) is 11.4. The number of aromatic nitrogens is 5. The molecule has 1 fully saturated rings. The van der Waals surface area contributed by atoms with Crippen LogP contribution < -0.4 is 0 Å². The molecule has 0 bridgehead atoms. The third-order valence-electron chi connectivity index (χ3n) is 5.04. The molecule has 2 aromatic heterocycles. The van der Waals surface area contributed by atoms with E-state index in [2.05, 4.69) is 25.4 Å². The highest BCUT2D eigenvalue weighted by molar-refractivity contribution is 5.80. The van der Waals surface area contributed by atoms with Gasteiger partial charge in [-0.1, -0.05) is 36.4 Å². The molecule has 1 atom stereocenters. The standard InChI is InChI=1S/C20H23N7O/c28-20(19(27-16-22-23-24-27)14-17-6-2-1-3-7-17)26-12-10-25(11-13-26)15-18-8-4-5-9-21-18/h1-9,16,19H,10-15H2. The fourth-order valence-electron chi connectivity index (χ4n) is 3.50. The molecule has 3 aromatic rings. The summed E-state index contributed by atoms with van der Waals surface area (Å²) >= 11 is 0. The molecule has 28 heavy (non-hydrogen) atoms. The zero-order valence-corrected chi connectivity index (χ0v) is 15.6. The number of rotatable bonds is 6. The molecule has 1 unspecified atom stereocenters. The van der Waals surface area contributed by atoms with Crippen LogP contribution in [-0.4, -0.2) is 67.1 Å². The molecular formula is C20H23N7O. The van der Waals surface area contributed by atoms with Gasteiger partial charge in [-0.15, -0.1) is 5.10 Å². The van der Waals surface area contributed by atoms with E-state index in [9.17, 15) is 4.79 Å². The second kappa shape index (κ2) is 8.71. The summed E-state index contributed by atoms with van der Waals surface area (Å²) in [6.45, 7) is 3.85. The number of hydrogen-bond acceptors (Lipinski definition) is 6. The molecule has 0 saturated carbocycles. The van der Waals surface area contributed by atoms with Gasteiger partial charge < -0.3 is 4.90 Å². The van der Waals surface area contributed by atoms with E-state index >= 15 is 0 Å². The lowest BCUT2D eigenvalue weighted by atomic mass is 10.0. The van der Waals surface area contributed by atoms with E-state index in [1.807, 2.05) is 59.6 Å². The number of nitrogens with zero attached hydrogens (tertiary/aromatic N) is 7. The van der Waals surface area contributed by atoms with Gasteiger partial charge in [0.2, 0.25) is 5.91 Å². The van der Waals surface area contributed by atoms with Crippen LogP contribution in [0.5, 0.6) is 0 Å². The highest BCUT2D eigenvalue weighted by Crippen LogP contribution is 2.18. The molecule has 0 aliphatic carbocycles. The number of carbonyl (C=O) groups excluding carboxylic acids is 1. The molecule has 0 radical (unpaired) electrons. The Morgan fingerprint density at radius 2 is 1.79 bits per heavy atom. The number of benzene rings is 1. The highest BCUT2D eigenvalue weighted by Gasteiger charge is 2.29. The zero-order valence-electron chi connectivity index (χ0n) is 15.6. The van der Waals surface area contributed by atoms with Crippen molar-refractivity contribution in [3.8, 4) is 0 Å². The summed E-state index contributed by atoms with van der Waals surface area (Å²) in [5.74, 6) is 0.0636. The number of carbonyl (C=O) groups is 1. The van der Waals surface area contributed by atoms with Gasteiger partial charge in [0.15, 0.2) is 0 Å². The summed E-state index contributed by atoms with van der Waals surface area (Å²) in [5.41, 5.74) is 2.14. The van der Waals surface area contributed by atoms with Crippen LogP contribution in [0.15, 0.2) is 61.1 Å². The van der Waals surface area contributed by atoms with Crippen molar-refractivity contribution in [3.63, 3.8) is 0 Å². The van der Waals surface area contributed by atoms with Crippen LogP contribution in [0.1, 0.15) is 17.3 Å². The monoisotopic (exact) mass is 377 g/mol. The summed E-state index contributed by atoms with van der Waals surface area (Å²) in [7, 11) is 0. The maximum Gasteiger partial charge on any atom is 0.248 e. The van der Waals surface area contributed by atoms with Gasteiger partial charge in [0.05, 0.1) is 5.69 Å². The maximum absolute atomic E-state index is 13.2. The number of hydrogen-bond donors (Lipinski definition) is 0. The lowest BCUT2D eigenvalue weighted by molar-refractivity contribution is -0.137. The van der Waals surface area contributed by atoms with Crippen LogP contribution in [0.25, 0.3) is 0 Å². The van der Waals surface area contributed by atoms with Crippen molar-refractivity contribution < 1.29 is 4.79 Å². The van der Waals surface area contributed by atoms with Gasteiger partial charge in [-0.2, -0.15) is 0 Å². The SMILES string of the molecule is O=C(C(Cc1ccccc1)n1cnnn1)N1CCN(Cc2ccccn2)CC1. The molecule has 3 heterocycles. The van der Waals surface area contributed by atoms with Crippen molar-refractivity contribution in [2.45, 2.75) is 19.0 Å². The van der Waals surface area contributed by atoms with Crippen LogP contribution in [0.4, 0.5) is 0 Å². The summed E-state index contributed by atoms with van der Waals surface area (Å²) in [6, 6.07) is 15.5. The van der Waals surface area contributed by atoms with Crippen molar-refractivity contribution in [1.29, 1.82) is 0 Å². The van der Waals surface area contributed by atoms with Gasteiger partial charge >= 0.3 is 0 Å². The Bertz CT molecular complexity index is 862. The first-order valence-electron chi connectivity index (χ1n) is 9.47. The zero-order chi connectivity index (χ0) is 19.2. The Labute approximate surface area is 163 Å². The molecule has 1 aliphatic heterocycles. The van der Waals surface area contributed by atoms with Gasteiger partial charge in [-0.05, 0) is 28.1 Å². The summed E-state index contributed by atoms with van der Waals surface area (Å²) in [4.78, 5) is 21.9. The third kappa shape index (κ3) is 4.40. The molecule has 0 N–H and O–H groups in total. The molecular weight excluding hydrogens is 354 g/mol. The number of pyridine rings is 1. The predicted molar refractivity (Wildman–Crippen MR) is 103 cm³/mol. The summed E-state index contributed by atoms with van der Waals surface area (Å²) < 4.78 is 1.57. The Morgan fingerprint density at radius 1 is 1.00 bits per heavy atom. The summed E-state index contributed by atoms with van der Waals surface area (Å²) in [6.07, 6.45) is 3.90. The van der Waals surface area contributed by atoms with Gasteiger partial charge in [0, 0.05) is 45.3 Å². The van der Waals surface area contributed by atoms with Crippen molar-refractivity contribution in [2.24, 2.45) is 0 Å². The lowest BCUT2D eigenvalue weighted by Crippen LogP contribution is -2.50. The normalized spacial score (nSPS) is 16.1. The second-order valence-electron chi connectivity index (χ2n) is 6.92. The Morgan fingerprint density at radius 3 is 2.46 bits per heavy atom. The minimum absolute atomic E-state index is 0.0636. The Balaban J connectivity index is 1.40. The van der Waals surface area contributed by atoms with Gasteiger partial charge in [-0.3, -0.25) is 14.7 Å². The first kappa shape index (κ1) is 18.2. The molecule has 1 amide bonds. The highest BCUT2D eigenvalue weighted by atomic mass is 16.2. The lowest BCUT2D eigenvalue weighted by Gasteiger charge is -2.36. The smallest absolute Gasteiger partial charge is 0.248 e. The molecule has 8 heteroatoms. The Kier molecular flexibility index (Phi) is 5.67. The first-order chi connectivity index (χ1) is 13.8. The average molecular weight is 377 g/mol. The molecule has 1 aromatic carbocycles. The Hall–Kier alpha value is -3.13. The average Bonchev–Trinajstić information content (AvgIpc) is 3.28. The van der Waals surface area contributed by atoms with Gasteiger partial charge in [-0.25, -0.2) is 4.68 Å². The second-order valence-corrected chi connectivity index (χ2v) is 6.92. The van der Waals surface area contributed by atoms with Crippen molar-refractivity contribution >= 4 is 5.91 Å². The molecule has 144 valence electrons. The molecule has 8 nitrogen and oxygen atoms in total. The van der Waals surface area contributed by atoms with E-state index in [0.717, 1.165) is 30.9 Å². The molecule has 4 rings (SSSR count). The van der Waals surface area contributed by atoms with Crippen LogP contribution >= 0.6 is 0 Å². The number of tetrazole rings is 1. The van der Waals surface area contributed by atoms with Crippen LogP contribution in [0.2, 0.25) is 0 Å². The maximum atomic E-state index is 13.2. The minimum Gasteiger partial charge on any atom is -0.338 e. The van der Waals surface area contributed by atoms with Gasteiger partial charge in [0.1, 0.15) is 12.4 Å². The van der Waals surface area contributed by atoms with Crippen LogP contribution in [0, 0.1) is 0 Å².